The molecule has 2 N–H and O–H groups in total. The zero-order valence-electron chi connectivity index (χ0n) is 11.3. The molecule has 20 heavy (non-hydrogen) atoms. The lowest BCUT2D eigenvalue weighted by molar-refractivity contribution is 0.0477. The Balaban J connectivity index is 2.27. The normalized spacial score (nSPS) is 12.5. The molecular weight excluding hydrogens is 264 g/mol. The van der Waals surface area contributed by atoms with Crippen LogP contribution in [0.15, 0.2) is 10.9 Å². The van der Waals surface area contributed by atoms with Crippen molar-refractivity contribution in [1.82, 2.24) is 20.1 Å². The van der Waals surface area contributed by atoms with E-state index in [2.05, 4.69) is 20.1 Å². The molecule has 1 unspecified atom stereocenters. The van der Waals surface area contributed by atoms with Gasteiger partial charge in [0, 0.05) is 6.61 Å². The topological polar surface area (TPSA) is 114 Å². The van der Waals surface area contributed by atoms with Crippen molar-refractivity contribution < 1.29 is 19.2 Å². The Labute approximate surface area is 115 Å². The maximum Gasteiger partial charge on any atom is 0.356 e. The Morgan fingerprint density at radius 2 is 2.35 bits per heavy atom. The van der Waals surface area contributed by atoms with Crippen LogP contribution in [0.4, 0.5) is 0 Å². The summed E-state index contributed by atoms with van der Waals surface area (Å²) < 4.78 is 10.6. The third kappa shape index (κ3) is 2.85. The highest BCUT2D eigenvalue weighted by molar-refractivity contribution is 5.91. The summed E-state index contributed by atoms with van der Waals surface area (Å²) >= 11 is 0. The van der Waals surface area contributed by atoms with Gasteiger partial charge in [-0.05, 0) is 13.3 Å². The first-order valence-electron chi connectivity index (χ1n) is 6.39. The minimum atomic E-state index is -1.16. The first kappa shape index (κ1) is 14.2. The molecule has 0 aliphatic carbocycles. The van der Waals surface area contributed by atoms with E-state index in [0.717, 1.165) is 12.8 Å². The van der Waals surface area contributed by atoms with Gasteiger partial charge in [0.1, 0.15) is 11.8 Å². The second kappa shape index (κ2) is 6.29. The van der Waals surface area contributed by atoms with E-state index in [0.29, 0.717) is 12.4 Å². The highest BCUT2D eigenvalue weighted by Crippen LogP contribution is 2.24. The molecule has 0 bridgehead atoms. The number of carboxylic acid groups (broad SMARTS) is 1. The number of rotatable bonds is 7. The third-order valence-electron chi connectivity index (χ3n) is 2.70. The van der Waals surface area contributed by atoms with E-state index < -0.39 is 5.97 Å². The summed E-state index contributed by atoms with van der Waals surface area (Å²) in [6.45, 7) is 4.46. The summed E-state index contributed by atoms with van der Waals surface area (Å²) in [5.74, 6) is -0.652. The molecule has 0 saturated heterocycles. The Morgan fingerprint density at radius 3 is 3.00 bits per heavy atom. The third-order valence-corrected chi connectivity index (χ3v) is 2.70. The molecule has 108 valence electrons. The van der Waals surface area contributed by atoms with Crippen LogP contribution in [0.1, 0.15) is 49.1 Å². The fraction of sp³-hybridized carbons (Fsp3) is 0.500. The molecule has 0 aromatic carbocycles. The quantitative estimate of drug-likeness (QED) is 0.797. The van der Waals surface area contributed by atoms with E-state index in [9.17, 15) is 4.79 Å². The smallest absolute Gasteiger partial charge is 0.356 e. The van der Waals surface area contributed by atoms with E-state index >= 15 is 0 Å². The zero-order valence-corrected chi connectivity index (χ0v) is 11.3. The lowest BCUT2D eigenvalue weighted by Crippen LogP contribution is -2.06. The minimum absolute atomic E-state index is 0.0932. The molecule has 0 saturated carbocycles. The van der Waals surface area contributed by atoms with Gasteiger partial charge in [-0.15, -0.1) is 0 Å². The largest absolute Gasteiger partial charge is 0.476 e. The zero-order chi connectivity index (χ0) is 14.5. The average Bonchev–Trinajstić information content (AvgIpc) is 3.07. The molecule has 2 aromatic heterocycles. The number of H-pyrrole nitrogens is 1. The molecule has 0 aliphatic rings. The van der Waals surface area contributed by atoms with Crippen molar-refractivity contribution in [3.05, 3.63) is 17.8 Å². The van der Waals surface area contributed by atoms with E-state index in [1.54, 1.807) is 0 Å². The number of nitrogens with zero attached hydrogens (tertiary/aromatic N) is 3. The standard InChI is InChI=1S/C12H16N4O4/c1-3-5-7(19-4-2)10-15-11(20-16-10)8-9(12(17)18)14-6-13-8/h6-7H,3-5H2,1-2H3,(H,13,14)(H,17,18). The maximum absolute atomic E-state index is 11.0. The summed E-state index contributed by atoms with van der Waals surface area (Å²) in [5.41, 5.74) is 0.0478. The fourth-order valence-corrected chi connectivity index (χ4v) is 1.84. The van der Waals surface area contributed by atoms with Gasteiger partial charge in [0.15, 0.2) is 5.69 Å². The maximum atomic E-state index is 11.0. The van der Waals surface area contributed by atoms with Crippen molar-refractivity contribution in [2.24, 2.45) is 0 Å². The Kier molecular flexibility index (Phi) is 4.46. The van der Waals surface area contributed by atoms with Gasteiger partial charge < -0.3 is 19.4 Å². The van der Waals surface area contributed by atoms with Gasteiger partial charge in [0.25, 0.3) is 5.89 Å². The molecule has 1 atom stereocenters. The van der Waals surface area contributed by atoms with Crippen LogP contribution in [0.2, 0.25) is 0 Å². The van der Waals surface area contributed by atoms with Crippen molar-refractivity contribution in [2.45, 2.75) is 32.8 Å². The van der Waals surface area contributed by atoms with E-state index in [4.69, 9.17) is 14.4 Å². The molecule has 2 rings (SSSR count). The van der Waals surface area contributed by atoms with Crippen LogP contribution in [0, 0.1) is 0 Å². The van der Waals surface area contributed by atoms with Crippen molar-refractivity contribution in [1.29, 1.82) is 0 Å². The summed E-state index contributed by atoms with van der Waals surface area (Å²) in [4.78, 5) is 21.6. The molecule has 2 aromatic rings. The van der Waals surface area contributed by atoms with E-state index in [1.807, 2.05) is 13.8 Å². The van der Waals surface area contributed by atoms with Gasteiger partial charge in [-0.3, -0.25) is 0 Å². The Bertz CT molecular complexity index is 572. The first-order chi connectivity index (χ1) is 9.67. The number of aromatic amines is 1. The van der Waals surface area contributed by atoms with Gasteiger partial charge in [-0.25, -0.2) is 9.78 Å². The van der Waals surface area contributed by atoms with Gasteiger partial charge in [0.2, 0.25) is 5.82 Å². The van der Waals surface area contributed by atoms with Crippen LogP contribution in [-0.4, -0.2) is 37.8 Å². The molecule has 0 spiro atoms. The average molecular weight is 280 g/mol. The van der Waals surface area contributed by atoms with Crippen molar-refractivity contribution >= 4 is 5.97 Å². The van der Waals surface area contributed by atoms with Crippen LogP contribution < -0.4 is 0 Å². The number of nitrogens with one attached hydrogen (secondary N) is 1. The monoisotopic (exact) mass is 280 g/mol. The number of hydrogen-bond acceptors (Lipinski definition) is 6. The van der Waals surface area contributed by atoms with Gasteiger partial charge in [0.05, 0.1) is 6.33 Å². The molecule has 0 aliphatic heterocycles. The highest BCUT2D eigenvalue weighted by atomic mass is 16.5. The van der Waals surface area contributed by atoms with Gasteiger partial charge in [-0.2, -0.15) is 4.98 Å². The van der Waals surface area contributed by atoms with Crippen molar-refractivity contribution in [2.75, 3.05) is 6.61 Å². The van der Waals surface area contributed by atoms with E-state index in [-0.39, 0.29) is 23.4 Å². The Morgan fingerprint density at radius 1 is 1.55 bits per heavy atom. The van der Waals surface area contributed by atoms with Crippen LogP contribution in [0.5, 0.6) is 0 Å². The molecule has 8 nitrogen and oxygen atoms in total. The highest BCUT2D eigenvalue weighted by Gasteiger charge is 2.23. The van der Waals surface area contributed by atoms with Gasteiger partial charge in [-0.1, -0.05) is 18.5 Å². The van der Waals surface area contributed by atoms with Crippen molar-refractivity contribution in [3.8, 4) is 11.6 Å². The van der Waals surface area contributed by atoms with Crippen LogP contribution in [0.3, 0.4) is 0 Å². The van der Waals surface area contributed by atoms with Crippen molar-refractivity contribution in [3.63, 3.8) is 0 Å². The van der Waals surface area contributed by atoms with Crippen LogP contribution in [-0.2, 0) is 4.74 Å². The van der Waals surface area contributed by atoms with Crippen LogP contribution >= 0.6 is 0 Å². The second-order valence-electron chi connectivity index (χ2n) is 4.12. The Hall–Kier alpha value is -2.22. The number of imidazole rings is 1. The fourth-order valence-electron chi connectivity index (χ4n) is 1.84. The lowest BCUT2D eigenvalue weighted by Gasteiger charge is -2.10. The molecular formula is C12H16N4O4. The number of hydrogen-bond donors (Lipinski definition) is 2. The first-order valence-corrected chi connectivity index (χ1v) is 6.39. The summed E-state index contributed by atoms with van der Waals surface area (Å²) in [6.07, 6.45) is 2.70. The summed E-state index contributed by atoms with van der Waals surface area (Å²) in [6, 6.07) is 0. The number of aromatic carboxylic acids is 1. The summed E-state index contributed by atoms with van der Waals surface area (Å²) in [5, 5.41) is 12.9. The number of carbonyl (C=O) groups is 1. The predicted molar refractivity (Wildman–Crippen MR) is 68.1 cm³/mol. The molecule has 0 radical (unpaired) electrons. The van der Waals surface area contributed by atoms with E-state index in [1.165, 1.54) is 6.33 Å². The van der Waals surface area contributed by atoms with Gasteiger partial charge >= 0.3 is 5.97 Å². The predicted octanol–water partition coefficient (Wildman–Crippen LogP) is 2.04. The SMILES string of the molecule is CCCC(OCC)c1noc(-c2[nH]cnc2C(=O)O)n1. The number of carboxylic acids is 1. The molecule has 2 heterocycles. The lowest BCUT2D eigenvalue weighted by atomic mass is 10.2. The van der Waals surface area contributed by atoms with Crippen LogP contribution in [0.25, 0.3) is 11.6 Å². The summed E-state index contributed by atoms with van der Waals surface area (Å²) in [7, 11) is 0. The molecule has 0 amide bonds. The second-order valence-corrected chi connectivity index (χ2v) is 4.12. The molecule has 8 heteroatoms. The number of ether oxygens (including phenoxy) is 1. The minimum Gasteiger partial charge on any atom is -0.476 e. The number of aromatic nitrogens is 4. The molecule has 0 fully saturated rings.